The summed E-state index contributed by atoms with van der Waals surface area (Å²) in [6.45, 7) is 5.83. The van der Waals surface area contributed by atoms with Gasteiger partial charge >= 0.3 is 0 Å². The number of aromatic nitrogens is 2. The summed E-state index contributed by atoms with van der Waals surface area (Å²) in [6, 6.07) is 4.22. The van der Waals surface area contributed by atoms with Crippen molar-refractivity contribution in [2.45, 2.75) is 26.4 Å². The van der Waals surface area contributed by atoms with Crippen molar-refractivity contribution in [1.29, 1.82) is 0 Å². The minimum Gasteiger partial charge on any atom is -0.468 e. The summed E-state index contributed by atoms with van der Waals surface area (Å²) in [5, 5.41) is 7.63. The van der Waals surface area contributed by atoms with E-state index in [9.17, 15) is 0 Å². The fourth-order valence-corrected chi connectivity index (χ4v) is 1.59. The summed E-state index contributed by atoms with van der Waals surface area (Å²) >= 11 is 0. The van der Waals surface area contributed by atoms with E-state index in [1.165, 1.54) is 5.56 Å². The van der Waals surface area contributed by atoms with E-state index in [4.69, 9.17) is 4.42 Å². The topological polar surface area (TPSA) is 43.0 Å². The second-order valence-electron chi connectivity index (χ2n) is 4.06. The molecule has 1 atom stereocenters. The predicted octanol–water partition coefficient (Wildman–Crippen LogP) is 2.14. The van der Waals surface area contributed by atoms with Gasteiger partial charge in [-0.1, -0.05) is 0 Å². The van der Waals surface area contributed by atoms with E-state index >= 15 is 0 Å². The van der Waals surface area contributed by atoms with Crippen LogP contribution in [0.3, 0.4) is 0 Å². The molecule has 86 valence electrons. The van der Waals surface area contributed by atoms with E-state index < -0.39 is 0 Å². The number of nitrogens with zero attached hydrogens (tertiary/aromatic N) is 2. The van der Waals surface area contributed by atoms with Crippen LogP contribution in [0.4, 0.5) is 0 Å². The van der Waals surface area contributed by atoms with Gasteiger partial charge in [-0.15, -0.1) is 0 Å². The first-order valence-corrected chi connectivity index (χ1v) is 5.49. The maximum Gasteiger partial charge on any atom is 0.117 e. The van der Waals surface area contributed by atoms with Crippen LogP contribution < -0.4 is 5.32 Å². The Morgan fingerprint density at radius 1 is 1.56 bits per heavy atom. The number of rotatable bonds is 5. The molecule has 0 aliphatic carbocycles. The molecule has 2 rings (SSSR count). The van der Waals surface area contributed by atoms with Gasteiger partial charge in [0.25, 0.3) is 0 Å². The Bertz CT molecular complexity index is 419. The van der Waals surface area contributed by atoms with Crippen molar-refractivity contribution in [3.8, 4) is 0 Å². The molecule has 1 N–H and O–H groups in total. The maximum atomic E-state index is 5.24. The second-order valence-corrected chi connectivity index (χ2v) is 4.06. The first-order chi connectivity index (χ1) is 7.75. The summed E-state index contributed by atoms with van der Waals surface area (Å²) < 4.78 is 7.22. The summed E-state index contributed by atoms with van der Waals surface area (Å²) in [5.74, 6) is 0.962. The van der Waals surface area contributed by atoms with Gasteiger partial charge in [-0.25, -0.2) is 0 Å². The van der Waals surface area contributed by atoms with Crippen molar-refractivity contribution in [3.63, 3.8) is 0 Å². The Balaban J connectivity index is 1.78. The SMILES string of the molecule is Cc1cnn(C(C)CNCc2ccco2)c1. The van der Waals surface area contributed by atoms with Gasteiger partial charge in [0.2, 0.25) is 0 Å². The molecule has 0 spiro atoms. The largest absolute Gasteiger partial charge is 0.468 e. The van der Waals surface area contributed by atoms with E-state index in [1.807, 2.05) is 29.9 Å². The maximum absolute atomic E-state index is 5.24. The minimum absolute atomic E-state index is 0.351. The Kier molecular flexibility index (Phi) is 3.41. The van der Waals surface area contributed by atoms with Crippen LogP contribution in [-0.2, 0) is 6.54 Å². The second kappa shape index (κ2) is 4.99. The predicted molar refractivity (Wildman–Crippen MR) is 62.1 cm³/mol. The van der Waals surface area contributed by atoms with Crippen LogP contribution in [0.1, 0.15) is 24.3 Å². The van der Waals surface area contributed by atoms with Gasteiger partial charge in [0, 0.05) is 12.7 Å². The standard InChI is InChI=1S/C12H17N3O/c1-10-6-14-15(9-10)11(2)7-13-8-12-4-3-5-16-12/h3-6,9,11,13H,7-8H2,1-2H3. The molecule has 0 saturated heterocycles. The molecule has 0 aromatic carbocycles. The van der Waals surface area contributed by atoms with Crippen LogP contribution in [0, 0.1) is 6.92 Å². The number of aryl methyl sites for hydroxylation is 1. The molecule has 0 aliphatic heterocycles. The number of furan rings is 1. The summed E-state index contributed by atoms with van der Waals surface area (Å²) in [5.41, 5.74) is 1.19. The summed E-state index contributed by atoms with van der Waals surface area (Å²) in [6.07, 6.45) is 5.62. The van der Waals surface area contributed by atoms with Gasteiger partial charge in [0.15, 0.2) is 0 Å². The number of hydrogen-bond donors (Lipinski definition) is 1. The van der Waals surface area contributed by atoms with Crippen LogP contribution in [-0.4, -0.2) is 16.3 Å². The van der Waals surface area contributed by atoms with Gasteiger partial charge in [-0.05, 0) is 31.5 Å². The smallest absolute Gasteiger partial charge is 0.117 e. The molecule has 16 heavy (non-hydrogen) atoms. The fourth-order valence-electron chi connectivity index (χ4n) is 1.59. The average Bonchev–Trinajstić information content (AvgIpc) is 2.89. The van der Waals surface area contributed by atoms with Crippen molar-refractivity contribution < 1.29 is 4.42 Å². The van der Waals surface area contributed by atoms with E-state index in [1.54, 1.807) is 6.26 Å². The Morgan fingerprint density at radius 3 is 3.06 bits per heavy atom. The van der Waals surface area contributed by atoms with Gasteiger partial charge in [-0.3, -0.25) is 4.68 Å². The summed E-state index contributed by atoms with van der Waals surface area (Å²) in [7, 11) is 0. The molecule has 0 amide bonds. The number of nitrogens with one attached hydrogen (secondary N) is 1. The Labute approximate surface area is 95.3 Å². The van der Waals surface area contributed by atoms with Crippen LogP contribution >= 0.6 is 0 Å². The minimum atomic E-state index is 0.351. The van der Waals surface area contributed by atoms with Gasteiger partial charge in [-0.2, -0.15) is 5.10 Å². The molecule has 4 nitrogen and oxygen atoms in total. The Hall–Kier alpha value is -1.55. The highest BCUT2D eigenvalue weighted by Gasteiger charge is 2.05. The van der Waals surface area contributed by atoms with Crippen LogP contribution in [0.2, 0.25) is 0 Å². The molecule has 0 radical (unpaired) electrons. The van der Waals surface area contributed by atoms with Crippen LogP contribution in [0.5, 0.6) is 0 Å². The number of hydrogen-bond acceptors (Lipinski definition) is 3. The molecule has 2 aromatic heterocycles. The molecule has 0 bridgehead atoms. The van der Waals surface area contributed by atoms with E-state index in [0.717, 1.165) is 18.8 Å². The average molecular weight is 219 g/mol. The molecule has 0 saturated carbocycles. The lowest BCUT2D eigenvalue weighted by Crippen LogP contribution is -2.23. The van der Waals surface area contributed by atoms with Crippen LogP contribution in [0.15, 0.2) is 35.2 Å². The highest BCUT2D eigenvalue weighted by atomic mass is 16.3. The third-order valence-electron chi connectivity index (χ3n) is 2.50. The van der Waals surface area contributed by atoms with Crippen molar-refractivity contribution in [1.82, 2.24) is 15.1 Å². The van der Waals surface area contributed by atoms with Gasteiger partial charge in [0.1, 0.15) is 5.76 Å². The van der Waals surface area contributed by atoms with E-state index in [0.29, 0.717) is 6.04 Å². The van der Waals surface area contributed by atoms with Crippen molar-refractivity contribution in [2.75, 3.05) is 6.54 Å². The molecule has 2 heterocycles. The van der Waals surface area contributed by atoms with E-state index in [2.05, 4.69) is 23.5 Å². The monoisotopic (exact) mass is 219 g/mol. The zero-order valence-electron chi connectivity index (χ0n) is 9.68. The molecule has 0 aliphatic rings. The lowest BCUT2D eigenvalue weighted by Gasteiger charge is -2.12. The highest BCUT2D eigenvalue weighted by molar-refractivity contribution is 5.00. The van der Waals surface area contributed by atoms with Gasteiger partial charge < -0.3 is 9.73 Å². The van der Waals surface area contributed by atoms with Crippen LogP contribution in [0.25, 0.3) is 0 Å². The fraction of sp³-hybridized carbons (Fsp3) is 0.417. The Morgan fingerprint density at radius 2 is 2.44 bits per heavy atom. The van der Waals surface area contributed by atoms with Crippen molar-refractivity contribution in [2.24, 2.45) is 0 Å². The zero-order valence-corrected chi connectivity index (χ0v) is 9.68. The quantitative estimate of drug-likeness (QED) is 0.837. The molecular weight excluding hydrogens is 202 g/mol. The first-order valence-electron chi connectivity index (χ1n) is 5.49. The van der Waals surface area contributed by atoms with Crippen molar-refractivity contribution in [3.05, 3.63) is 42.1 Å². The lowest BCUT2D eigenvalue weighted by molar-refractivity contribution is 0.427. The molecule has 4 heteroatoms. The van der Waals surface area contributed by atoms with E-state index in [-0.39, 0.29) is 0 Å². The molecule has 0 fully saturated rings. The summed E-state index contributed by atoms with van der Waals surface area (Å²) in [4.78, 5) is 0. The normalized spacial score (nSPS) is 12.9. The van der Waals surface area contributed by atoms with Crippen molar-refractivity contribution >= 4 is 0 Å². The third kappa shape index (κ3) is 2.73. The highest BCUT2D eigenvalue weighted by Crippen LogP contribution is 2.05. The third-order valence-corrected chi connectivity index (χ3v) is 2.50. The molecule has 2 aromatic rings. The lowest BCUT2D eigenvalue weighted by atomic mass is 10.3. The molecular formula is C12H17N3O. The first kappa shape index (κ1) is 11.0. The molecule has 1 unspecified atom stereocenters. The van der Waals surface area contributed by atoms with Gasteiger partial charge in [0.05, 0.1) is 25.0 Å². The zero-order chi connectivity index (χ0) is 11.4.